The Bertz CT molecular complexity index is 744. The first-order chi connectivity index (χ1) is 14.2. The van der Waals surface area contributed by atoms with Gasteiger partial charge in [0.25, 0.3) is 0 Å². The zero-order valence-corrected chi connectivity index (χ0v) is 19.9. The lowest BCUT2D eigenvalue weighted by Gasteiger charge is -2.58. The Morgan fingerprint density at radius 2 is 1.58 bits per heavy atom. The molecule has 1 saturated carbocycles. The lowest BCUT2D eigenvalue weighted by molar-refractivity contribution is -0.269. The summed E-state index contributed by atoms with van der Waals surface area (Å²) in [7, 11) is 0. The first-order valence-corrected chi connectivity index (χ1v) is 11.5. The van der Waals surface area contributed by atoms with E-state index in [-0.39, 0.29) is 30.0 Å². The Balaban J connectivity index is 2.18. The van der Waals surface area contributed by atoms with Gasteiger partial charge in [-0.15, -0.1) is 0 Å². The minimum absolute atomic E-state index is 0.0580. The van der Waals surface area contributed by atoms with Crippen molar-refractivity contribution in [2.24, 2.45) is 23.7 Å². The molecule has 2 heterocycles. The molecule has 31 heavy (non-hydrogen) atoms. The van der Waals surface area contributed by atoms with E-state index in [0.717, 1.165) is 6.42 Å². The summed E-state index contributed by atoms with van der Waals surface area (Å²) < 4.78 is 18.2. The summed E-state index contributed by atoms with van der Waals surface area (Å²) in [5.41, 5.74) is -3.28. The second kappa shape index (κ2) is 8.14. The van der Waals surface area contributed by atoms with Crippen LogP contribution in [0.3, 0.4) is 0 Å². The second-order valence-corrected chi connectivity index (χ2v) is 10.9. The molecule has 3 fully saturated rings. The average molecular weight is 439 g/mol. The second-order valence-electron chi connectivity index (χ2n) is 10.9. The number of carbonyl (C=O) groups excluding carboxylic acids is 3. The molecule has 3 rings (SSSR count). The van der Waals surface area contributed by atoms with E-state index < -0.39 is 46.9 Å². The van der Waals surface area contributed by atoms with Crippen molar-refractivity contribution < 1.29 is 33.7 Å². The standard InChI is InChI=1S/C24H38O7/c1-13(2)16-8-10-23(6,30-14(3)25)20-17(27)12-22(5,28)18-9-11-24(7,31-15(4)26)21(29-18)19(16)20/h13,16,18-21,28H,8-12H2,1-7H3. The number of rotatable bonds is 3. The first kappa shape index (κ1) is 24.2. The quantitative estimate of drug-likeness (QED) is 0.676. The maximum absolute atomic E-state index is 13.7. The van der Waals surface area contributed by atoms with Gasteiger partial charge in [0.15, 0.2) is 0 Å². The van der Waals surface area contributed by atoms with Gasteiger partial charge in [0, 0.05) is 26.2 Å². The van der Waals surface area contributed by atoms with Gasteiger partial charge >= 0.3 is 11.9 Å². The molecule has 0 amide bonds. The fourth-order valence-corrected chi connectivity index (χ4v) is 6.55. The van der Waals surface area contributed by atoms with Crippen LogP contribution in [0.1, 0.15) is 80.6 Å². The molecule has 8 atom stereocenters. The van der Waals surface area contributed by atoms with E-state index in [2.05, 4.69) is 13.8 Å². The highest BCUT2D eigenvalue weighted by Gasteiger charge is 2.63. The molecule has 0 aromatic heterocycles. The van der Waals surface area contributed by atoms with Crippen LogP contribution in [-0.4, -0.2) is 51.8 Å². The molecule has 1 aliphatic carbocycles. The van der Waals surface area contributed by atoms with Crippen molar-refractivity contribution in [1.29, 1.82) is 0 Å². The first-order valence-electron chi connectivity index (χ1n) is 11.5. The number of Topliss-reactive ketones (excluding diaryl/α,β-unsaturated/α-hetero) is 1. The molecule has 7 nitrogen and oxygen atoms in total. The summed E-state index contributed by atoms with van der Waals surface area (Å²) >= 11 is 0. The lowest BCUT2D eigenvalue weighted by atomic mass is 9.55. The van der Waals surface area contributed by atoms with Crippen molar-refractivity contribution in [2.45, 2.75) is 110 Å². The maximum atomic E-state index is 13.7. The van der Waals surface area contributed by atoms with E-state index in [1.54, 1.807) is 6.92 Å². The Morgan fingerprint density at radius 3 is 2.13 bits per heavy atom. The van der Waals surface area contributed by atoms with Crippen molar-refractivity contribution in [3.05, 3.63) is 0 Å². The Labute approximate surface area is 185 Å². The lowest BCUT2D eigenvalue weighted by Crippen LogP contribution is -2.67. The fourth-order valence-electron chi connectivity index (χ4n) is 6.55. The van der Waals surface area contributed by atoms with Crippen LogP contribution in [0.4, 0.5) is 0 Å². The summed E-state index contributed by atoms with van der Waals surface area (Å²) in [4.78, 5) is 37.7. The highest BCUT2D eigenvalue weighted by atomic mass is 16.6. The third-order valence-corrected chi connectivity index (χ3v) is 7.86. The van der Waals surface area contributed by atoms with Crippen LogP contribution in [0.25, 0.3) is 0 Å². The zero-order chi connectivity index (χ0) is 23.4. The van der Waals surface area contributed by atoms with Crippen molar-refractivity contribution in [3.8, 4) is 0 Å². The van der Waals surface area contributed by atoms with Crippen LogP contribution in [0, 0.1) is 23.7 Å². The number of fused-ring (bicyclic) bond motifs is 4. The topological polar surface area (TPSA) is 99.1 Å². The van der Waals surface area contributed by atoms with E-state index in [0.29, 0.717) is 19.3 Å². The molecule has 2 aliphatic heterocycles. The van der Waals surface area contributed by atoms with Crippen molar-refractivity contribution in [2.75, 3.05) is 0 Å². The van der Waals surface area contributed by atoms with Gasteiger partial charge in [-0.1, -0.05) is 13.8 Å². The van der Waals surface area contributed by atoms with Crippen molar-refractivity contribution in [3.63, 3.8) is 0 Å². The average Bonchev–Trinajstić information content (AvgIpc) is 2.57. The summed E-state index contributed by atoms with van der Waals surface area (Å²) in [6.45, 7) is 12.3. The largest absolute Gasteiger partial charge is 0.459 e. The van der Waals surface area contributed by atoms with Crippen LogP contribution in [0.5, 0.6) is 0 Å². The summed E-state index contributed by atoms with van der Waals surface area (Å²) in [6.07, 6.45) is 1.19. The van der Waals surface area contributed by atoms with Gasteiger partial charge in [0.05, 0.1) is 17.6 Å². The van der Waals surface area contributed by atoms with Crippen LogP contribution in [0.2, 0.25) is 0 Å². The molecule has 3 aliphatic rings. The van der Waals surface area contributed by atoms with E-state index in [1.807, 2.05) is 13.8 Å². The predicted octanol–water partition coefficient (Wildman–Crippen LogP) is 3.20. The summed E-state index contributed by atoms with van der Waals surface area (Å²) in [5, 5.41) is 11.2. The zero-order valence-electron chi connectivity index (χ0n) is 19.9. The number of ether oxygens (including phenoxy) is 3. The van der Waals surface area contributed by atoms with Gasteiger partial charge in [0.2, 0.25) is 0 Å². The molecular formula is C24H38O7. The molecule has 0 radical (unpaired) electrons. The van der Waals surface area contributed by atoms with Crippen LogP contribution < -0.4 is 0 Å². The Hall–Kier alpha value is -1.47. The number of esters is 2. The number of hydrogen-bond acceptors (Lipinski definition) is 7. The SMILES string of the molecule is CC(=O)OC1(C)CCC2OC1C1C(C(C)C)CCC(C)(OC(C)=O)C1C(=O)CC2(C)O. The van der Waals surface area contributed by atoms with Gasteiger partial charge in [-0.2, -0.15) is 0 Å². The molecule has 0 aromatic rings. The Morgan fingerprint density at radius 1 is 1.03 bits per heavy atom. The molecule has 2 saturated heterocycles. The summed E-state index contributed by atoms with van der Waals surface area (Å²) in [5.74, 6) is -1.52. The van der Waals surface area contributed by atoms with E-state index in [4.69, 9.17) is 14.2 Å². The van der Waals surface area contributed by atoms with Crippen molar-refractivity contribution >= 4 is 17.7 Å². The third kappa shape index (κ3) is 4.40. The van der Waals surface area contributed by atoms with Gasteiger partial charge in [-0.25, -0.2) is 0 Å². The number of aliphatic hydroxyl groups is 1. The number of hydrogen-bond donors (Lipinski definition) is 1. The number of ketones is 1. The molecule has 176 valence electrons. The fraction of sp³-hybridized carbons (Fsp3) is 0.875. The van der Waals surface area contributed by atoms with E-state index >= 15 is 0 Å². The van der Waals surface area contributed by atoms with Gasteiger partial charge in [-0.3, -0.25) is 14.4 Å². The summed E-state index contributed by atoms with van der Waals surface area (Å²) in [6, 6.07) is 0. The third-order valence-electron chi connectivity index (χ3n) is 7.86. The molecule has 0 spiro atoms. The van der Waals surface area contributed by atoms with Crippen molar-refractivity contribution in [1.82, 2.24) is 0 Å². The highest BCUT2D eigenvalue weighted by Crippen LogP contribution is 2.55. The van der Waals surface area contributed by atoms with E-state index in [1.165, 1.54) is 13.8 Å². The minimum Gasteiger partial charge on any atom is -0.459 e. The normalized spacial score (nSPS) is 45.3. The number of carbonyl (C=O) groups is 3. The van der Waals surface area contributed by atoms with Crippen LogP contribution in [-0.2, 0) is 28.6 Å². The van der Waals surface area contributed by atoms with Crippen LogP contribution >= 0.6 is 0 Å². The molecule has 0 aromatic carbocycles. The molecular weight excluding hydrogens is 400 g/mol. The predicted molar refractivity (Wildman–Crippen MR) is 113 cm³/mol. The molecule has 7 heteroatoms. The van der Waals surface area contributed by atoms with Gasteiger partial charge in [0.1, 0.15) is 23.1 Å². The highest BCUT2D eigenvalue weighted by molar-refractivity contribution is 5.84. The Kier molecular flexibility index (Phi) is 6.35. The maximum Gasteiger partial charge on any atom is 0.303 e. The van der Waals surface area contributed by atoms with Gasteiger partial charge in [-0.05, 0) is 58.3 Å². The smallest absolute Gasteiger partial charge is 0.303 e. The van der Waals surface area contributed by atoms with Gasteiger partial charge < -0.3 is 19.3 Å². The molecule has 2 bridgehead atoms. The monoisotopic (exact) mass is 438 g/mol. The molecule has 8 unspecified atom stereocenters. The van der Waals surface area contributed by atoms with Crippen LogP contribution in [0.15, 0.2) is 0 Å². The minimum atomic E-state index is -1.35. The molecule has 1 N–H and O–H groups in total. The van der Waals surface area contributed by atoms with E-state index in [9.17, 15) is 19.5 Å².